The largest absolute Gasteiger partial charge is 0.342 e. The molecule has 2 aromatic rings. The van der Waals surface area contributed by atoms with Crippen molar-refractivity contribution in [2.75, 3.05) is 36.8 Å². The third-order valence-corrected chi connectivity index (χ3v) is 7.88. The fourth-order valence-electron chi connectivity index (χ4n) is 5.99. The number of carbonyl (C=O) groups is 4. The zero-order valence-electron chi connectivity index (χ0n) is 23.9. The number of hydrogen-bond acceptors (Lipinski definition) is 4. The van der Waals surface area contributed by atoms with Gasteiger partial charge in [-0.15, -0.1) is 0 Å². The molecule has 2 heterocycles. The van der Waals surface area contributed by atoms with Crippen molar-refractivity contribution in [1.82, 2.24) is 9.80 Å². The molecule has 8 heteroatoms. The van der Waals surface area contributed by atoms with E-state index < -0.39 is 11.8 Å². The second-order valence-corrected chi connectivity index (χ2v) is 11.4. The molecule has 0 radical (unpaired) electrons. The summed E-state index contributed by atoms with van der Waals surface area (Å²) < 4.78 is 0. The third-order valence-electron chi connectivity index (χ3n) is 7.88. The van der Waals surface area contributed by atoms with Gasteiger partial charge in [-0.2, -0.15) is 0 Å². The molecule has 4 rings (SSSR count). The van der Waals surface area contributed by atoms with Crippen LogP contribution in [-0.2, 0) is 19.2 Å². The van der Waals surface area contributed by atoms with Crippen LogP contribution in [0.4, 0.5) is 11.4 Å². The van der Waals surface area contributed by atoms with E-state index >= 15 is 0 Å². The molecule has 0 aliphatic carbocycles. The fraction of sp³-hybridized carbons (Fsp3) is 0.484. The van der Waals surface area contributed by atoms with Gasteiger partial charge in [0.15, 0.2) is 0 Å². The van der Waals surface area contributed by atoms with Crippen LogP contribution in [-0.4, -0.2) is 59.6 Å². The first-order valence-corrected chi connectivity index (χ1v) is 13.8. The number of rotatable bonds is 8. The minimum absolute atomic E-state index is 0.0404. The summed E-state index contributed by atoms with van der Waals surface area (Å²) in [5.41, 5.74) is 7.95. The van der Waals surface area contributed by atoms with Crippen molar-refractivity contribution in [3.63, 3.8) is 0 Å². The standard InChI is InChI=1S/C31H40N4O4/c1-18-10-20(3)28(21(4)11-18)32-30(38)24-14-26(36)34(16-24)8-7-9-35-17-25(15-27(35)37)31(39)33-29-22(5)12-19(2)13-23(29)6/h10-13,24-25H,7-9,14-17H2,1-6H3,(H,32,38)(H,33,39). The second-order valence-electron chi connectivity index (χ2n) is 11.4. The number of benzene rings is 2. The number of nitrogens with one attached hydrogen (secondary N) is 2. The minimum Gasteiger partial charge on any atom is -0.342 e. The summed E-state index contributed by atoms with van der Waals surface area (Å²) in [7, 11) is 0. The van der Waals surface area contributed by atoms with E-state index in [9.17, 15) is 19.2 Å². The van der Waals surface area contributed by atoms with Gasteiger partial charge in [0.25, 0.3) is 0 Å². The number of anilines is 2. The number of aryl methyl sites for hydroxylation is 6. The Morgan fingerprint density at radius 1 is 0.667 bits per heavy atom. The molecule has 39 heavy (non-hydrogen) atoms. The van der Waals surface area contributed by atoms with Gasteiger partial charge >= 0.3 is 0 Å². The number of hydrogen-bond donors (Lipinski definition) is 2. The molecule has 2 aliphatic rings. The first-order chi connectivity index (χ1) is 18.4. The number of likely N-dealkylation sites (tertiary alicyclic amines) is 2. The van der Waals surface area contributed by atoms with E-state index in [-0.39, 0.29) is 36.5 Å². The van der Waals surface area contributed by atoms with Crippen LogP contribution in [0.25, 0.3) is 0 Å². The Kier molecular flexibility index (Phi) is 8.42. The summed E-state index contributed by atoms with van der Waals surface area (Å²) >= 11 is 0. The molecule has 2 unspecified atom stereocenters. The fourth-order valence-corrected chi connectivity index (χ4v) is 5.99. The van der Waals surface area contributed by atoms with E-state index in [2.05, 4.69) is 10.6 Å². The van der Waals surface area contributed by atoms with Crippen LogP contribution in [0.2, 0.25) is 0 Å². The third kappa shape index (κ3) is 6.49. The van der Waals surface area contributed by atoms with Gasteiger partial charge in [0, 0.05) is 50.4 Å². The topological polar surface area (TPSA) is 98.8 Å². The molecular weight excluding hydrogens is 492 g/mol. The lowest BCUT2D eigenvalue weighted by atomic mass is 10.0. The van der Waals surface area contributed by atoms with Gasteiger partial charge in [0.05, 0.1) is 11.8 Å². The van der Waals surface area contributed by atoms with E-state index in [0.717, 1.165) is 44.8 Å². The van der Waals surface area contributed by atoms with E-state index in [1.54, 1.807) is 9.80 Å². The van der Waals surface area contributed by atoms with Crippen LogP contribution in [0.3, 0.4) is 0 Å². The van der Waals surface area contributed by atoms with Crippen molar-refractivity contribution in [3.8, 4) is 0 Å². The van der Waals surface area contributed by atoms with Crippen molar-refractivity contribution in [2.45, 2.75) is 60.8 Å². The molecule has 2 atom stereocenters. The first-order valence-electron chi connectivity index (χ1n) is 13.8. The summed E-state index contributed by atoms with van der Waals surface area (Å²) in [4.78, 5) is 54.5. The van der Waals surface area contributed by atoms with Crippen LogP contribution in [0, 0.1) is 53.4 Å². The monoisotopic (exact) mass is 532 g/mol. The van der Waals surface area contributed by atoms with Crippen molar-refractivity contribution in [3.05, 3.63) is 57.6 Å². The van der Waals surface area contributed by atoms with Gasteiger partial charge in [0.2, 0.25) is 23.6 Å². The Balaban J connectivity index is 1.25. The molecule has 8 nitrogen and oxygen atoms in total. The highest BCUT2D eigenvalue weighted by atomic mass is 16.2. The maximum atomic E-state index is 12.9. The molecule has 4 amide bonds. The zero-order chi connectivity index (χ0) is 28.4. The Morgan fingerprint density at radius 3 is 1.33 bits per heavy atom. The smallest absolute Gasteiger partial charge is 0.229 e. The number of amides is 4. The molecule has 2 fully saturated rings. The van der Waals surface area contributed by atoms with Crippen LogP contribution < -0.4 is 10.6 Å². The average Bonchev–Trinajstić information content (AvgIpc) is 3.40. The van der Waals surface area contributed by atoms with Crippen molar-refractivity contribution in [2.24, 2.45) is 11.8 Å². The average molecular weight is 533 g/mol. The quantitative estimate of drug-likeness (QED) is 0.532. The van der Waals surface area contributed by atoms with Crippen LogP contribution in [0.5, 0.6) is 0 Å². The highest BCUT2D eigenvalue weighted by molar-refractivity contribution is 5.99. The van der Waals surface area contributed by atoms with Gasteiger partial charge in [-0.25, -0.2) is 0 Å². The SMILES string of the molecule is Cc1cc(C)c(NC(=O)C2CC(=O)N(CCCN3CC(C(=O)Nc4c(C)cc(C)cc4C)CC3=O)C2)c(C)c1. The van der Waals surface area contributed by atoms with Gasteiger partial charge in [-0.1, -0.05) is 35.4 Å². The summed E-state index contributed by atoms with van der Waals surface area (Å²) in [5.74, 6) is -1.14. The molecular formula is C31H40N4O4. The molecule has 2 aliphatic heterocycles. The molecule has 2 aromatic carbocycles. The maximum absolute atomic E-state index is 12.9. The Hall–Kier alpha value is -3.68. The zero-order valence-corrected chi connectivity index (χ0v) is 23.9. The second kappa shape index (κ2) is 11.6. The Labute approximate surface area is 231 Å². The first kappa shape index (κ1) is 28.3. The molecule has 0 bridgehead atoms. The van der Waals surface area contributed by atoms with Gasteiger partial charge in [0.1, 0.15) is 0 Å². The van der Waals surface area contributed by atoms with E-state index in [1.165, 1.54) is 0 Å². The van der Waals surface area contributed by atoms with E-state index in [4.69, 9.17) is 0 Å². The number of carbonyl (C=O) groups excluding carboxylic acids is 4. The Morgan fingerprint density at radius 2 is 1.00 bits per heavy atom. The van der Waals surface area contributed by atoms with E-state index in [0.29, 0.717) is 32.6 Å². The molecule has 2 saturated heterocycles. The highest BCUT2D eigenvalue weighted by Crippen LogP contribution is 2.27. The van der Waals surface area contributed by atoms with Crippen molar-refractivity contribution >= 4 is 35.0 Å². The Bertz CT molecular complexity index is 1170. The van der Waals surface area contributed by atoms with Gasteiger partial charge < -0.3 is 20.4 Å². The van der Waals surface area contributed by atoms with Crippen molar-refractivity contribution in [1.29, 1.82) is 0 Å². The van der Waals surface area contributed by atoms with Gasteiger partial charge in [-0.05, 0) is 70.2 Å². The molecule has 208 valence electrons. The predicted octanol–water partition coefficient (Wildman–Crippen LogP) is 4.20. The minimum atomic E-state index is -0.396. The lowest BCUT2D eigenvalue weighted by Gasteiger charge is -2.21. The lowest BCUT2D eigenvalue weighted by Crippen LogP contribution is -2.33. The molecule has 2 N–H and O–H groups in total. The number of nitrogens with zero attached hydrogens (tertiary/aromatic N) is 2. The lowest BCUT2D eigenvalue weighted by molar-refractivity contribution is -0.129. The van der Waals surface area contributed by atoms with Gasteiger partial charge in [-0.3, -0.25) is 19.2 Å². The predicted molar refractivity (Wildman–Crippen MR) is 153 cm³/mol. The summed E-state index contributed by atoms with van der Waals surface area (Å²) in [6, 6.07) is 8.14. The molecule has 0 saturated carbocycles. The molecule has 0 spiro atoms. The normalized spacial score (nSPS) is 19.1. The molecule has 0 aromatic heterocycles. The van der Waals surface area contributed by atoms with Crippen LogP contribution >= 0.6 is 0 Å². The highest BCUT2D eigenvalue weighted by Gasteiger charge is 2.36. The maximum Gasteiger partial charge on any atom is 0.229 e. The summed E-state index contributed by atoms with van der Waals surface area (Å²) in [6.45, 7) is 13.7. The summed E-state index contributed by atoms with van der Waals surface area (Å²) in [6.07, 6.45) is 0.990. The van der Waals surface area contributed by atoms with Crippen molar-refractivity contribution < 1.29 is 19.2 Å². The van der Waals surface area contributed by atoms with E-state index in [1.807, 2.05) is 65.8 Å². The summed E-state index contributed by atoms with van der Waals surface area (Å²) in [5, 5.41) is 6.06. The van der Waals surface area contributed by atoms with Crippen LogP contribution in [0.15, 0.2) is 24.3 Å². The van der Waals surface area contributed by atoms with Crippen LogP contribution in [0.1, 0.15) is 52.6 Å².